The van der Waals surface area contributed by atoms with Crippen LogP contribution < -0.4 is 0 Å². The summed E-state index contributed by atoms with van der Waals surface area (Å²) in [5.41, 5.74) is 0.0300. The monoisotopic (exact) mass is 486 g/mol. The first-order valence-electron chi connectivity index (χ1n) is 6.81. The first-order valence-corrected chi connectivity index (χ1v) is 8.40. The first-order chi connectivity index (χ1) is 12.3. The molecule has 0 fully saturated rings. The fourth-order valence-electron chi connectivity index (χ4n) is 1.89. The van der Waals surface area contributed by atoms with Crippen LogP contribution in [0.2, 0.25) is 0 Å². The van der Waals surface area contributed by atoms with E-state index in [2.05, 4.69) is 36.8 Å². The van der Waals surface area contributed by atoms with Crippen molar-refractivity contribution in [3.8, 4) is 5.69 Å². The van der Waals surface area contributed by atoms with Gasteiger partial charge in [-0.3, -0.25) is 20.2 Å². The largest absolute Gasteiger partial charge is 0.305 e. The smallest absolute Gasteiger partial charge is 0.300 e. The van der Waals surface area contributed by atoms with Crippen molar-refractivity contribution in [1.82, 2.24) is 9.55 Å². The molecule has 0 radical (unpaired) electrons. The van der Waals surface area contributed by atoms with Gasteiger partial charge in [0.15, 0.2) is 0 Å². The van der Waals surface area contributed by atoms with E-state index in [1.54, 1.807) is 29.1 Å². The molecule has 0 saturated carbocycles. The maximum absolute atomic E-state index is 12.6. The maximum atomic E-state index is 12.6. The lowest BCUT2D eigenvalue weighted by molar-refractivity contribution is -0.387. The van der Waals surface area contributed by atoms with Gasteiger partial charge in [-0.05, 0) is 24.3 Å². The average molecular weight is 488 g/mol. The van der Waals surface area contributed by atoms with Crippen LogP contribution in [0.25, 0.3) is 5.69 Å². The quantitative estimate of drug-likeness (QED) is 0.380. The second kappa shape index (κ2) is 8.63. The van der Waals surface area contributed by atoms with Gasteiger partial charge in [0, 0.05) is 33.5 Å². The second-order valence-electron chi connectivity index (χ2n) is 4.71. The summed E-state index contributed by atoms with van der Waals surface area (Å²) >= 11 is 6.19. The van der Waals surface area contributed by atoms with Gasteiger partial charge < -0.3 is 4.57 Å². The zero-order chi connectivity index (χ0) is 19.3. The molecule has 0 atom stereocenters. The van der Waals surface area contributed by atoms with E-state index >= 15 is 0 Å². The van der Waals surface area contributed by atoms with Crippen molar-refractivity contribution in [1.29, 1.82) is 0 Å². The topological polar surface area (TPSA) is 104 Å². The summed E-state index contributed by atoms with van der Waals surface area (Å²) in [5.74, 6) is -0.821. The number of imidazole rings is 1. The molecule has 0 spiro atoms. The summed E-state index contributed by atoms with van der Waals surface area (Å²) in [4.78, 5) is 23.6. The van der Waals surface area contributed by atoms with Gasteiger partial charge in [0.1, 0.15) is 5.69 Å². The molecule has 134 valence electrons. The average Bonchev–Trinajstić information content (AvgIpc) is 3.11. The standard InChI is InChI=1S/C9H6BrN3O2.C6H3BrFNO2/c10-7-1-2-8(9(5-7)13(14)15)12-4-3-11-6-12;7-4-1-2-5(8)6(3-4)9(10)11/h1-6H;1-3H. The van der Waals surface area contributed by atoms with E-state index < -0.39 is 21.4 Å². The Morgan fingerprint density at radius 1 is 0.962 bits per heavy atom. The zero-order valence-electron chi connectivity index (χ0n) is 12.8. The summed E-state index contributed by atoms with van der Waals surface area (Å²) in [5, 5.41) is 20.9. The van der Waals surface area contributed by atoms with E-state index in [1.165, 1.54) is 18.5 Å². The number of hydrogen-bond acceptors (Lipinski definition) is 5. The number of rotatable bonds is 3. The van der Waals surface area contributed by atoms with Crippen LogP contribution in [-0.4, -0.2) is 19.4 Å². The molecule has 3 aromatic rings. The predicted molar refractivity (Wildman–Crippen MR) is 98.7 cm³/mol. The van der Waals surface area contributed by atoms with E-state index in [4.69, 9.17) is 0 Å². The highest BCUT2D eigenvalue weighted by molar-refractivity contribution is 9.10. The van der Waals surface area contributed by atoms with Crippen LogP contribution in [0.15, 0.2) is 64.1 Å². The van der Waals surface area contributed by atoms with Crippen molar-refractivity contribution in [2.24, 2.45) is 0 Å². The van der Waals surface area contributed by atoms with Crippen molar-refractivity contribution >= 4 is 43.2 Å². The summed E-state index contributed by atoms with van der Waals surface area (Å²) in [6, 6.07) is 8.46. The Morgan fingerprint density at radius 2 is 1.54 bits per heavy atom. The van der Waals surface area contributed by atoms with Crippen LogP contribution in [-0.2, 0) is 0 Å². The van der Waals surface area contributed by atoms with Crippen molar-refractivity contribution in [2.45, 2.75) is 0 Å². The molecule has 0 unspecified atom stereocenters. The molecule has 8 nitrogen and oxygen atoms in total. The van der Waals surface area contributed by atoms with E-state index in [0.717, 1.165) is 12.1 Å². The molecule has 1 heterocycles. The SMILES string of the molecule is O=[N+]([O-])c1cc(Br)ccc1-n1ccnc1.O=[N+]([O-])c1cc(Br)ccc1F. The Labute approximate surface area is 162 Å². The van der Waals surface area contributed by atoms with Crippen LogP contribution in [0.5, 0.6) is 0 Å². The van der Waals surface area contributed by atoms with E-state index in [-0.39, 0.29) is 5.69 Å². The van der Waals surface area contributed by atoms with Gasteiger partial charge in [-0.1, -0.05) is 31.9 Å². The van der Waals surface area contributed by atoms with Gasteiger partial charge in [0.2, 0.25) is 5.82 Å². The number of aromatic nitrogens is 2. The Balaban J connectivity index is 0.000000197. The molecule has 2 aromatic carbocycles. The minimum Gasteiger partial charge on any atom is -0.300 e. The Morgan fingerprint density at radius 3 is 2.04 bits per heavy atom. The number of nitro groups is 2. The van der Waals surface area contributed by atoms with Gasteiger partial charge >= 0.3 is 5.69 Å². The molecule has 26 heavy (non-hydrogen) atoms. The summed E-state index contributed by atoms with van der Waals surface area (Å²) in [6.07, 6.45) is 4.76. The van der Waals surface area contributed by atoms with Crippen molar-refractivity contribution in [3.63, 3.8) is 0 Å². The van der Waals surface area contributed by atoms with Gasteiger partial charge in [0.05, 0.1) is 16.2 Å². The Hall–Kier alpha value is -2.66. The van der Waals surface area contributed by atoms with Crippen LogP contribution in [0.3, 0.4) is 0 Å². The number of benzene rings is 2. The van der Waals surface area contributed by atoms with Crippen LogP contribution in [0.1, 0.15) is 0 Å². The molecule has 0 aliphatic heterocycles. The highest BCUT2D eigenvalue weighted by Crippen LogP contribution is 2.26. The minimum atomic E-state index is -0.821. The van der Waals surface area contributed by atoms with Gasteiger partial charge in [0.25, 0.3) is 5.69 Å². The van der Waals surface area contributed by atoms with Crippen LogP contribution >= 0.6 is 31.9 Å². The van der Waals surface area contributed by atoms with Crippen molar-refractivity contribution in [2.75, 3.05) is 0 Å². The van der Waals surface area contributed by atoms with E-state index in [9.17, 15) is 24.6 Å². The number of halogens is 3. The lowest BCUT2D eigenvalue weighted by Crippen LogP contribution is -1.97. The lowest BCUT2D eigenvalue weighted by Gasteiger charge is -2.03. The molecule has 0 amide bonds. The fourth-order valence-corrected chi connectivity index (χ4v) is 2.59. The third-order valence-electron chi connectivity index (χ3n) is 3.02. The first kappa shape index (κ1) is 19.7. The minimum absolute atomic E-state index is 0.0439. The normalized spacial score (nSPS) is 9.96. The molecular formula is C15H9Br2FN4O4. The molecule has 0 aliphatic carbocycles. The lowest BCUT2D eigenvalue weighted by atomic mass is 10.2. The molecule has 3 rings (SSSR count). The highest BCUT2D eigenvalue weighted by Gasteiger charge is 2.15. The zero-order valence-corrected chi connectivity index (χ0v) is 15.9. The van der Waals surface area contributed by atoms with Crippen LogP contribution in [0.4, 0.5) is 15.8 Å². The summed E-state index contributed by atoms with van der Waals surface area (Å²) < 4.78 is 15.3. The highest BCUT2D eigenvalue weighted by atomic mass is 79.9. The van der Waals surface area contributed by atoms with Crippen molar-refractivity contribution in [3.05, 3.63) is 90.1 Å². The maximum Gasteiger partial charge on any atom is 0.305 e. The van der Waals surface area contributed by atoms with Crippen LogP contribution in [0, 0.1) is 26.0 Å². The molecule has 0 N–H and O–H groups in total. The predicted octanol–water partition coefficient (Wildman–Crippen LogP) is 5.04. The van der Waals surface area contributed by atoms with Gasteiger partial charge in [-0.2, -0.15) is 4.39 Å². The molecular weight excluding hydrogens is 479 g/mol. The number of nitrogens with zero attached hydrogens (tertiary/aromatic N) is 4. The van der Waals surface area contributed by atoms with Gasteiger partial charge in [-0.25, -0.2) is 4.98 Å². The number of nitro benzene ring substituents is 2. The fraction of sp³-hybridized carbons (Fsp3) is 0. The second-order valence-corrected chi connectivity index (χ2v) is 6.54. The Bertz CT molecular complexity index is 951. The summed E-state index contributed by atoms with van der Waals surface area (Å²) in [6.45, 7) is 0. The summed E-state index contributed by atoms with van der Waals surface area (Å²) in [7, 11) is 0. The third-order valence-corrected chi connectivity index (χ3v) is 4.01. The molecule has 0 saturated heterocycles. The molecule has 11 heteroatoms. The van der Waals surface area contributed by atoms with E-state index in [0.29, 0.717) is 14.6 Å². The molecule has 0 aliphatic rings. The van der Waals surface area contributed by atoms with E-state index in [1.807, 2.05) is 0 Å². The molecule has 0 bridgehead atoms. The molecule has 1 aromatic heterocycles. The van der Waals surface area contributed by atoms with Gasteiger partial charge in [-0.15, -0.1) is 0 Å². The number of hydrogen-bond donors (Lipinski definition) is 0. The van der Waals surface area contributed by atoms with Crippen molar-refractivity contribution < 1.29 is 14.2 Å². The third kappa shape index (κ3) is 4.92. The Kier molecular flexibility index (Phi) is 6.52.